The zero-order chi connectivity index (χ0) is 11.5. The van der Waals surface area contributed by atoms with Crippen LogP contribution in [-0.4, -0.2) is 30.4 Å². The first-order valence-corrected chi connectivity index (χ1v) is 5.36. The zero-order valence-electron chi connectivity index (χ0n) is 9.31. The van der Waals surface area contributed by atoms with Crippen molar-refractivity contribution in [1.29, 1.82) is 0 Å². The van der Waals surface area contributed by atoms with Crippen molar-refractivity contribution in [3.63, 3.8) is 0 Å². The zero-order valence-corrected chi connectivity index (χ0v) is 9.31. The van der Waals surface area contributed by atoms with E-state index in [2.05, 4.69) is 0 Å². The van der Waals surface area contributed by atoms with E-state index < -0.39 is 0 Å². The lowest BCUT2D eigenvalue weighted by Crippen LogP contribution is -2.18. The van der Waals surface area contributed by atoms with Crippen LogP contribution in [0.25, 0.3) is 0 Å². The molecule has 2 heterocycles. The van der Waals surface area contributed by atoms with E-state index in [0.29, 0.717) is 17.9 Å². The van der Waals surface area contributed by atoms with Crippen molar-refractivity contribution in [3.05, 3.63) is 18.0 Å². The first-order valence-electron chi connectivity index (χ1n) is 5.36. The van der Waals surface area contributed by atoms with Gasteiger partial charge in [0.05, 0.1) is 18.9 Å². The molecule has 0 saturated carbocycles. The number of hydrogen-bond acceptors (Lipinski definition) is 4. The molecule has 0 spiro atoms. The first kappa shape index (κ1) is 11.0. The molecular formula is C11H16N2O3. The van der Waals surface area contributed by atoms with Gasteiger partial charge in [-0.3, -0.25) is 0 Å². The molecule has 0 bridgehead atoms. The highest BCUT2D eigenvalue weighted by Crippen LogP contribution is 2.18. The predicted octanol–water partition coefficient (Wildman–Crippen LogP) is 1.04. The van der Waals surface area contributed by atoms with Crippen molar-refractivity contribution in [3.8, 4) is 0 Å². The summed E-state index contributed by atoms with van der Waals surface area (Å²) >= 11 is 0. The molecule has 5 nitrogen and oxygen atoms in total. The molecule has 88 valence electrons. The number of esters is 1. The summed E-state index contributed by atoms with van der Waals surface area (Å²) in [5.41, 5.74) is 6.73. The average molecular weight is 224 g/mol. The SMILES string of the molecule is COC(=O)c1cc(N)cn1CC1CCCO1. The van der Waals surface area contributed by atoms with E-state index in [0.717, 1.165) is 19.4 Å². The lowest BCUT2D eigenvalue weighted by molar-refractivity contribution is 0.0577. The van der Waals surface area contributed by atoms with Gasteiger partial charge in [-0.05, 0) is 18.9 Å². The molecule has 2 rings (SSSR count). The fourth-order valence-corrected chi connectivity index (χ4v) is 1.97. The van der Waals surface area contributed by atoms with Gasteiger partial charge >= 0.3 is 5.97 Å². The van der Waals surface area contributed by atoms with Crippen molar-refractivity contribution in [2.24, 2.45) is 0 Å². The van der Waals surface area contributed by atoms with Crippen LogP contribution >= 0.6 is 0 Å². The Morgan fingerprint density at radius 3 is 3.19 bits per heavy atom. The molecular weight excluding hydrogens is 208 g/mol. The summed E-state index contributed by atoms with van der Waals surface area (Å²) < 4.78 is 12.0. The number of nitrogens with two attached hydrogens (primary N) is 1. The molecule has 1 saturated heterocycles. The third-order valence-corrected chi connectivity index (χ3v) is 2.74. The van der Waals surface area contributed by atoms with Gasteiger partial charge in [0.2, 0.25) is 0 Å². The van der Waals surface area contributed by atoms with Crippen LogP contribution < -0.4 is 5.73 Å². The standard InChI is InChI=1S/C11H16N2O3/c1-15-11(14)10-5-8(12)6-13(10)7-9-3-2-4-16-9/h5-6,9H,2-4,7,12H2,1H3. The Balaban J connectivity index is 2.15. The van der Waals surface area contributed by atoms with Crippen molar-refractivity contribution in [2.75, 3.05) is 19.5 Å². The fraction of sp³-hybridized carbons (Fsp3) is 0.545. The molecule has 1 atom stereocenters. The Bertz CT molecular complexity index is 381. The number of hydrogen-bond donors (Lipinski definition) is 1. The third kappa shape index (κ3) is 2.19. The van der Waals surface area contributed by atoms with Crippen LogP contribution in [0.1, 0.15) is 23.3 Å². The molecule has 0 aliphatic carbocycles. The summed E-state index contributed by atoms with van der Waals surface area (Å²) in [5.74, 6) is -0.366. The number of nitrogen functional groups attached to an aromatic ring is 1. The van der Waals surface area contributed by atoms with E-state index in [1.165, 1.54) is 7.11 Å². The smallest absolute Gasteiger partial charge is 0.354 e. The molecule has 0 amide bonds. The van der Waals surface area contributed by atoms with Crippen molar-refractivity contribution in [2.45, 2.75) is 25.5 Å². The summed E-state index contributed by atoms with van der Waals surface area (Å²) in [5, 5.41) is 0. The lowest BCUT2D eigenvalue weighted by Gasteiger charge is -2.12. The number of nitrogens with zero attached hydrogens (tertiary/aromatic N) is 1. The average Bonchev–Trinajstić information content (AvgIpc) is 2.88. The van der Waals surface area contributed by atoms with Gasteiger partial charge in [-0.1, -0.05) is 0 Å². The van der Waals surface area contributed by atoms with Crippen LogP contribution in [0.3, 0.4) is 0 Å². The molecule has 1 aromatic rings. The van der Waals surface area contributed by atoms with Crippen molar-refractivity contribution < 1.29 is 14.3 Å². The Morgan fingerprint density at radius 2 is 2.56 bits per heavy atom. The molecule has 1 fully saturated rings. The summed E-state index contributed by atoms with van der Waals surface area (Å²) in [7, 11) is 1.36. The van der Waals surface area contributed by atoms with Crippen LogP contribution in [-0.2, 0) is 16.0 Å². The van der Waals surface area contributed by atoms with E-state index in [1.54, 1.807) is 16.8 Å². The highest BCUT2D eigenvalue weighted by Gasteiger charge is 2.20. The van der Waals surface area contributed by atoms with Gasteiger partial charge in [0.1, 0.15) is 5.69 Å². The van der Waals surface area contributed by atoms with Gasteiger partial charge in [-0.15, -0.1) is 0 Å². The number of anilines is 1. The molecule has 0 aromatic carbocycles. The minimum absolute atomic E-state index is 0.176. The van der Waals surface area contributed by atoms with Gasteiger partial charge in [0.15, 0.2) is 0 Å². The number of methoxy groups -OCH3 is 1. The van der Waals surface area contributed by atoms with Crippen molar-refractivity contribution >= 4 is 11.7 Å². The minimum atomic E-state index is -0.366. The van der Waals surface area contributed by atoms with E-state index >= 15 is 0 Å². The Morgan fingerprint density at radius 1 is 1.75 bits per heavy atom. The van der Waals surface area contributed by atoms with Gasteiger partial charge < -0.3 is 19.8 Å². The van der Waals surface area contributed by atoms with E-state index in [4.69, 9.17) is 15.2 Å². The molecule has 2 N–H and O–H groups in total. The molecule has 1 aliphatic rings. The highest BCUT2D eigenvalue weighted by molar-refractivity contribution is 5.88. The monoisotopic (exact) mass is 224 g/mol. The molecule has 16 heavy (non-hydrogen) atoms. The fourth-order valence-electron chi connectivity index (χ4n) is 1.97. The Kier molecular flexibility index (Phi) is 3.14. The Labute approximate surface area is 94.1 Å². The van der Waals surface area contributed by atoms with E-state index in [-0.39, 0.29) is 12.1 Å². The second-order valence-electron chi connectivity index (χ2n) is 3.94. The van der Waals surface area contributed by atoms with Crippen LogP contribution in [0.2, 0.25) is 0 Å². The summed E-state index contributed by atoms with van der Waals surface area (Å²) in [6, 6.07) is 1.63. The number of carbonyl (C=O) groups excluding carboxylic acids is 1. The van der Waals surface area contributed by atoms with Crippen LogP contribution in [0.5, 0.6) is 0 Å². The van der Waals surface area contributed by atoms with Crippen LogP contribution in [0.4, 0.5) is 5.69 Å². The van der Waals surface area contributed by atoms with Crippen LogP contribution in [0.15, 0.2) is 12.3 Å². The van der Waals surface area contributed by atoms with Gasteiger partial charge in [0.25, 0.3) is 0 Å². The number of carbonyl (C=O) groups is 1. The highest BCUT2D eigenvalue weighted by atomic mass is 16.5. The maximum Gasteiger partial charge on any atom is 0.354 e. The Hall–Kier alpha value is -1.49. The second kappa shape index (κ2) is 4.57. The third-order valence-electron chi connectivity index (χ3n) is 2.74. The molecule has 5 heteroatoms. The number of rotatable bonds is 3. The second-order valence-corrected chi connectivity index (χ2v) is 3.94. The van der Waals surface area contributed by atoms with E-state index in [1.807, 2.05) is 0 Å². The van der Waals surface area contributed by atoms with Crippen molar-refractivity contribution in [1.82, 2.24) is 4.57 Å². The lowest BCUT2D eigenvalue weighted by atomic mass is 10.2. The molecule has 0 radical (unpaired) electrons. The van der Waals surface area contributed by atoms with Gasteiger partial charge in [-0.25, -0.2) is 4.79 Å². The summed E-state index contributed by atoms with van der Waals surface area (Å²) in [6.07, 6.45) is 4.02. The van der Waals surface area contributed by atoms with Gasteiger partial charge in [0, 0.05) is 19.3 Å². The maximum atomic E-state index is 11.5. The molecule has 1 aliphatic heterocycles. The quantitative estimate of drug-likeness (QED) is 0.779. The number of aromatic nitrogens is 1. The molecule has 1 aromatic heterocycles. The normalized spacial score (nSPS) is 19.9. The first-order chi connectivity index (χ1) is 7.70. The molecule has 1 unspecified atom stereocenters. The largest absolute Gasteiger partial charge is 0.464 e. The van der Waals surface area contributed by atoms with E-state index in [9.17, 15) is 4.79 Å². The minimum Gasteiger partial charge on any atom is -0.464 e. The van der Waals surface area contributed by atoms with Crippen LogP contribution in [0, 0.1) is 0 Å². The topological polar surface area (TPSA) is 66.5 Å². The summed E-state index contributed by atoms with van der Waals surface area (Å²) in [4.78, 5) is 11.5. The maximum absolute atomic E-state index is 11.5. The number of ether oxygens (including phenoxy) is 2. The van der Waals surface area contributed by atoms with Gasteiger partial charge in [-0.2, -0.15) is 0 Å². The summed E-state index contributed by atoms with van der Waals surface area (Å²) in [6.45, 7) is 1.45. The predicted molar refractivity (Wildman–Crippen MR) is 59.2 cm³/mol.